The van der Waals surface area contributed by atoms with Gasteiger partial charge in [0.2, 0.25) is 0 Å². The Labute approximate surface area is 165 Å². The number of amides is 1. The topological polar surface area (TPSA) is 78.0 Å². The number of carbonyl (C=O) groups excluding carboxylic acids is 1. The molecule has 1 atom stereocenters. The van der Waals surface area contributed by atoms with Gasteiger partial charge in [0.15, 0.2) is 5.82 Å². The second-order valence-electron chi connectivity index (χ2n) is 7.19. The van der Waals surface area contributed by atoms with E-state index < -0.39 is 0 Å². The van der Waals surface area contributed by atoms with Gasteiger partial charge in [-0.15, -0.1) is 10.2 Å². The van der Waals surface area contributed by atoms with Crippen LogP contribution in [0.2, 0.25) is 0 Å². The number of hydrogen-bond donors (Lipinski definition) is 1. The maximum absolute atomic E-state index is 12.9. The Kier molecular flexibility index (Phi) is 5.44. The average Bonchev–Trinajstić information content (AvgIpc) is 3.04. The summed E-state index contributed by atoms with van der Waals surface area (Å²) in [6.45, 7) is 5.94. The number of rotatable bonds is 5. The molecule has 0 fully saturated rings. The van der Waals surface area contributed by atoms with Gasteiger partial charge in [0.25, 0.3) is 5.91 Å². The molecule has 0 radical (unpaired) electrons. The molecule has 3 rings (SSSR count). The number of benzene rings is 1. The van der Waals surface area contributed by atoms with E-state index in [0.29, 0.717) is 5.56 Å². The minimum Gasteiger partial charge on any atom is -0.361 e. The zero-order valence-electron chi connectivity index (χ0n) is 17.2. The third kappa shape index (κ3) is 3.74. The quantitative estimate of drug-likeness (QED) is 0.736. The van der Waals surface area contributed by atoms with Gasteiger partial charge in [-0.1, -0.05) is 12.1 Å². The maximum Gasteiger partial charge on any atom is 0.254 e. The summed E-state index contributed by atoms with van der Waals surface area (Å²) in [4.78, 5) is 16.6. The van der Waals surface area contributed by atoms with E-state index in [9.17, 15) is 4.79 Å². The highest BCUT2D eigenvalue weighted by Gasteiger charge is 2.23. The maximum atomic E-state index is 12.9. The van der Waals surface area contributed by atoms with Gasteiger partial charge in [-0.25, -0.2) is 0 Å². The molecule has 0 spiro atoms. The summed E-state index contributed by atoms with van der Waals surface area (Å²) in [6.07, 6.45) is 0. The largest absolute Gasteiger partial charge is 0.361 e. The first-order valence-electron chi connectivity index (χ1n) is 9.19. The molecule has 146 valence electrons. The van der Waals surface area contributed by atoms with E-state index >= 15 is 0 Å². The van der Waals surface area contributed by atoms with E-state index in [2.05, 4.69) is 20.4 Å². The van der Waals surface area contributed by atoms with Crippen LogP contribution in [0.3, 0.4) is 0 Å². The molecule has 1 aromatic carbocycles. The number of carbonyl (C=O) groups is 1. The van der Waals surface area contributed by atoms with E-state index in [-0.39, 0.29) is 11.9 Å². The minimum atomic E-state index is -0.0737. The van der Waals surface area contributed by atoms with Crippen molar-refractivity contribution in [1.82, 2.24) is 25.3 Å². The van der Waals surface area contributed by atoms with Crippen LogP contribution in [0.4, 0.5) is 5.82 Å². The summed E-state index contributed by atoms with van der Waals surface area (Å²) >= 11 is 0. The summed E-state index contributed by atoms with van der Waals surface area (Å²) in [5, 5.41) is 15.7. The van der Waals surface area contributed by atoms with Gasteiger partial charge in [-0.05, 0) is 45.0 Å². The van der Waals surface area contributed by atoms with Crippen LogP contribution in [0.15, 0.2) is 36.4 Å². The number of anilines is 1. The average molecular weight is 378 g/mol. The van der Waals surface area contributed by atoms with Crippen LogP contribution < -0.4 is 4.90 Å². The molecule has 0 aliphatic carbocycles. The molecule has 28 heavy (non-hydrogen) atoms. The Morgan fingerprint density at radius 3 is 2.18 bits per heavy atom. The van der Waals surface area contributed by atoms with Crippen LogP contribution in [0, 0.1) is 13.8 Å². The Hall–Kier alpha value is -3.22. The van der Waals surface area contributed by atoms with Gasteiger partial charge in [0.1, 0.15) is 0 Å². The van der Waals surface area contributed by atoms with Crippen molar-refractivity contribution in [1.29, 1.82) is 0 Å². The molecule has 0 unspecified atom stereocenters. The van der Waals surface area contributed by atoms with Gasteiger partial charge >= 0.3 is 0 Å². The summed E-state index contributed by atoms with van der Waals surface area (Å²) in [5.41, 5.74) is 5.29. The molecule has 0 bridgehead atoms. The standard InChI is InChI=1S/C21H26N6O/c1-13-20(14(2)23-22-13)15(3)27(6)21(28)17-9-7-16(8-10-17)18-11-12-19(25-24-18)26(4)5/h7-12,15H,1-6H3,(H,22,23)/t15-/m1/s1. The zero-order valence-corrected chi connectivity index (χ0v) is 17.2. The number of hydrogen-bond acceptors (Lipinski definition) is 5. The third-order valence-electron chi connectivity index (χ3n) is 5.04. The van der Waals surface area contributed by atoms with Gasteiger partial charge in [0.05, 0.1) is 17.4 Å². The van der Waals surface area contributed by atoms with Crippen molar-refractivity contribution >= 4 is 11.7 Å². The van der Waals surface area contributed by atoms with Crippen LogP contribution >= 0.6 is 0 Å². The second kappa shape index (κ2) is 7.80. The highest BCUT2D eigenvalue weighted by atomic mass is 16.2. The third-order valence-corrected chi connectivity index (χ3v) is 5.04. The van der Waals surface area contributed by atoms with Gasteiger partial charge < -0.3 is 9.80 Å². The minimum absolute atomic E-state index is 0.0342. The number of aryl methyl sites for hydroxylation is 2. The summed E-state index contributed by atoms with van der Waals surface area (Å²) in [7, 11) is 5.67. The number of H-pyrrole nitrogens is 1. The van der Waals surface area contributed by atoms with Crippen molar-refractivity contribution in [3.05, 3.63) is 58.9 Å². The van der Waals surface area contributed by atoms with E-state index in [1.165, 1.54) is 0 Å². The Bertz CT molecular complexity index is 940. The molecule has 1 N–H and O–H groups in total. The first-order chi connectivity index (χ1) is 13.3. The van der Waals surface area contributed by atoms with Crippen molar-refractivity contribution in [3.8, 4) is 11.3 Å². The van der Waals surface area contributed by atoms with Crippen molar-refractivity contribution in [2.45, 2.75) is 26.8 Å². The second-order valence-corrected chi connectivity index (χ2v) is 7.19. The first-order valence-corrected chi connectivity index (χ1v) is 9.19. The molecular weight excluding hydrogens is 352 g/mol. The molecule has 7 heteroatoms. The van der Waals surface area contributed by atoms with Gasteiger partial charge in [0, 0.05) is 43.5 Å². The van der Waals surface area contributed by atoms with Crippen molar-refractivity contribution in [3.63, 3.8) is 0 Å². The molecule has 0 saturated carbocycles. The first kappa shape index (κ1) is 19.5. The van der Waals surface area contributed by atoms with E-state index in [1.54, 1.807) is 4.90 Å². The number of nitrogens with one attached hydrogen (secondary N) is 1. The lowest BCUT2D eigenvalue weighted by Gasteiger charge is -2.25. The molecule has 0 saturated heterocycles. The van der Waals surface area contributed by atoms with Gasteiger partial charge in [-0.3, -0.25) is 9.89 Å². The predicted octanol–water partition coefficient (Wildman–Crippen LogP) is 3.38. The summed E-state index contributed by atoms with van der Waals surface area (Å²) in [6, 6.07) is 11.2. The van der Waals surface area contributed by atoms with Crippen LogP contribution in [0.25, 0.3) is 11.3 Å². The van der Waals surface area contributed by atoms with Gasteiger partial charge in [-0.2, -0.15) is 5.10 Å². The Morgan fingerprint density at radius 1 is 1.00 bits per heavy atom. The van der Waals surface area contributed by atoms with Crippen molar-refractivity contribution < 1.29 is 4.79 Å². The molecule has 7 nitrogen and oxygen atoms in total. The van der Waals surface area contributed by atoms with E-state index in [1.807, 2.05) is 83.2 Å². The summed E-state index contributed by atoms with van der Waals surface area (Å²) < 4.78 is 0. The smallest absolute Gasteiger partial charge is 0.254 e. The fourth-order valence-electron chi connectivity index (χ4n) is 3.25. The fraction of sp³-hybridized carbons (Fsp3) is 0.333. The Morgan fingerprint density at radius 2 is 1.68 bits per heavy atom. The molecule has 2 heterocycles. The summed E-state index contributed by atoms with van der Waals surface area (Å²) in [5.74, 6) is 0.768. The lowest BCUT2D eigenvalue weighted by Crippen LogP contribution is -2.30. The lowest BCUT2D eigenvalue weighted by atomic mass is 10.0. The molecular formula is C21H26N6O. The molecule has 2 aromatic heterocycles. The van der Waals surface area contributed by atoms with Crippen molar-refractivity contribution in [2.75, 3.05) is 26.0 Å². The number of aromatic nitrogens is 4. The van der Waals surface area contributed by atoms with Crippen LogP contribution in [-0.4, -0.2) is 52.3 Å². The molecule has 1 amide bonds. The molecule has 0 aliphatic heterocycles. The van der Waals surface area contributed by atoms with E-state index in [0.717, 1.165) is 34.0 Å². The highest BCUT2D eigenvalue weighted by Crippen LogP contribution is 2.26. The normalized spacial score (nSPS) is 11.9. The SMILES string of the molecule is Cc1n[nH]c(C)c1[C@@H](C)N(C)C(=O)c1ccc(-c2ccc(N(C)C)nn2)cc1. The van der Waals surface area contributed by atoms with Crippen molar-refractivity contribution in [2.24, 2.45) is 0 Å². The molecule has 3 aromatic rings. The number of nitrogens with zero attached hydrogens (tertiary/aromatic N) is 5. The zero-order chi connectivity index (χ0) is 20.4. The van der Waals surface area contributed by atoms with E-state index in [4.69, 9.17) is 0 Å². The van der Waals surface area contributed by atoms with Crippen LogP contribution in [-0.2, 0) is 0 Å². The predicted molar refractivity (Wildman–Crippen MR) is 110 cm³/mol. The number of aromatic amines is 1. The van der Waals surface area contributed by atoms with Crippen LogP contribution in [0.1, 0.15) is 40.3 Å². The van der Waals surface area contributed by atoms with Crippen LogP contribution in [0.5, 0.6) is 0 Å². The fourth-order valence-corrected chi connectivity index (χ4v) is 3.25. The molecule has 0 aliphatic rings. The monoisotopic (exact) mass is 378 g/mol. The lowest BCUT2D eigenvalue weighted by molar-refractivity contribution is 0.0742. The Balaban J connectivity index is 1.78. The highest BCUT2D eigenvalue weighted by molar-refractivity contribution is 5.94.